The molecule has 1 aromatic carbocycles. The zero-order chi connectivity index (χ0) is 10.5. The van der Waals surface area contributed by atoms with E-state index in [1.807, 2.05) is 6.07 Å². The number of rotatable bonds is 0. The van der Waals surface area contributed by atoms with E-state index in [1.54, 1.807) is 6.07 Å². The predicted molar refractivity (Wildman–Crippen MR) is 60.1 cm³/mol. The van der Waals surface area contributed by atoms with Crippen LogP contribution >= 0.6 is 15.9 Å². The van der Waals surface area contributed by atoms with Gasteiger partial charge in [0.25, 0.3) is 0 Å². The molecule has 2 aliphatic rings. The maximum Gasteiger partial charge on any atom is 0.140 e. The summed E-state index contributed by atoms with van der Waals surface area (Å²) in [5, 5.41) is 6.73. The number of benzene rings is 1. The van der Waals surface area contributed by atoms with Crippen molar-refractivity contribution >= 4 is 15.9 Å². The monoisotopic (exact) mass is 270 g/mol. The Morgan fingerprint density at radius 2 is 2.27 bits per heavy atom. The van der Waals surface area contributed by atoms with Gasteiger partial charge in [-0.3, -0.25) is 5.32 Å². The second kappa shape index (κ2) is 3.27. The standard InChI is InChI=1S/C11H12BrFN2/c12-9-2-1-8-7(10(9)13)3-4-11(8)5-14-6-15-11/h1-2,14-15H,3-6H2/t11-/m0/s1. The Labute approximate surface area is 96.4 Å². The van der Waals surface area contributed by atoms with Crippen LogP contribution in [0.3, 0.4) is 0 Å². The zero-order valence-electron chi connectivity index (χ0n) is 8.24. The molecule has 0 radical (unpaired) electrons. The molecule has 1 spiro atoms. The van der Waals surface area contributed by atoms with Crippen LogP contribution in [0.1, 0.15) is 17.5 Å². The molecule has 0 unspecified atom stereocenters. The Bertz CT molecular complexity index is 413. The summed E-state index contributed by atoms with van der Waals surface area (Å²) in [4.78, 5) is 0. The third-order valence-electron chi connectivity index (χ3n) is 3.49. The molecule has 1 saturated heterocycles. The Morgan fingerprint density at radius 3 is 3.00 bits per heavy atom. The van der Waals surface area contributed by atoms with Gasteiger partial charge in [-0.25, -0.2) is 4.39 Å². The molecule has 1 atom stereocenters. The summed E-state index contributed by atoms with van der Waals surface area (Å²) in [5.74, 6) is -0.0851. The molecular weight excluding hydrogens is 259 g/mol. The number of nitrogens with one attached hydrogen (secondary N) is 2. The minimum Gasteiger partial charge on any atom is -0.302 e. The minimum absolute atomic E-state index is 0.0170. The van der Waals surface area contributed by atoms with Gasteiger partial charge in [-0.05, 0) is 46.0 Å². The van der Waals surface area contributed by atoms with E-state index in [9.17, 15) is 4.39 Å². The van der Waals surface area contributed by atoms with E-state index < -0.39 is 0 Å². The van der Waals surface area contributed by atoms with E-state index in [-0.39, 0.29) is 11.4 Å². The summed E-state index contributed by atoms with van der Waals surface area (Å²) in [7, 11) is 0. The SMILES string of the molecule is Fc1c(Br)ccc2c1CC[C@]21CNCN1. The Balaban J connectivity index is 2.15. The number of hydrogen-bond acceptors (Lipinski definition) is 2. The van der Waals surface area contributed by atoms with Gasteiger partial charge in [0.2, 0.25) is 0 Å². The van der Waals surface area contributed by atoms with Crippen molar-refractivity contribution in [2.24, 2.45) is 0 Å². The largest absolute Gasteiger partial charge is 0.302 e. The first-order chi connectivity index (χ1) is 7.23. The lowest BCUT2D eigenvalue weighted by atomic mass is 9.93. The third kappa shape index (κ3) is 1.28. The van der Waals surface area contributed by atoms with Gasteiger partial charge >= 0.3 is 0 Å². The molecule has 1 aromatic rings. The second-order valence-corrected chi connectivity index (χ2v) is 5.10. The Morgan fingerprint density at radius 1 is 1.40 bits per heavy atom. The highest BCUT2D eigenvalue weighted by molar-refractivity contribution is 9.10. The summed E-state index contributed by atoms with van der Waals surface area (Å²) in [5.41, 5.74) is 1.99. The van der Waals surface area contributed by atoms with Crippen molar-refractivity contribution in [2.45, 2.75) is 18.4 Å². The van der Waals surface area contributed by atoms with Gasteiger partial charge in [0.05, 0.1) is 10.0 Å². The normalized spacial score (nSPS) is 28.7. The molecule has 2 N–H and O–H groups in total. The lowest BCUT2D eigenvalue weighted by Crippen LogP contribution is -2.36. The van der Waals surface area contributed by atoms with Gasteiger partial charge in [0.15, 0.2) is 0 Å². The zero-order valence-corrected chi connectivity index (χ0v) is 9.83. The highest BCUT2D eigenvalue weighted by Gasteiger charge is 2.42. The van der Waals surface area contributed by atoms with Crippen LogP contribution in [-0.2, 0) is 12.0 Å². The van der Waals surface area contributed by atoms with Crippen molar-refractivity contribution in [3.8, 4) is 0 Å². The average Bonchev–Trinajstić information content (AvgIpc) is 2.83. The topological polar surface area (TPSA) is 24.1 Å². The molecule has 15 heavy (non-hydrogen) atoms. The average molecular weight is 271 g/mol. The molecule has 2 nitrogen and oxygen atoms in total. The molecule has 80 valence electrons. The second-order valence-electron chi connectivity index (χ2n) is 4.25. The molecule has 0 saturated carbocycles. The van der Waals surface area contributed by atoms with E-state index in [1.165, 1.54) is 0 Å². The van der Waals surface area contributed by atoms with Crippen LogP contribution in [0.5, 0.6) is 0 Å². The van der Waals surface area contributed by atoms with Crippen molar-refractivity contribution in [3.05, 3.63) is 33.5 Å². The van der Waals surface area contributed by atoms with Crippen LogP contribution in [0.25, 0.3) is 0 Å². The smallest absolute Gasteiger partial charge is 0.140 e. The number of halogens is 2. The molecule has 1 heterocycles. The lowest BCUT2D eigenvalue weighted by molar-refractivity contribution is 0.413. The van der Waals surface area contributed by atoms with E-state index in [0.29, 0.717) is 4.47 Å². The van der Waals surface area contributed by atoms with Crippen LogP contribution < -0.4 is 10.6 Å². The fraction of sp³-hybridized carbons (Fsp3) is 0.455. The van der Waals surface area contributed by atoms with Gasteiger partial charge < -0.3 is 5.32 Å². The highest BCUT2D eigenvalue weighted by atomic mass is 79.9. The number of fused-ring (bicyclic) bond motifs is 2. The van der Waals surface area contributed by atoms with E-state index in [0.717, 1.165) is 37.2 Å². The van der Waals surface area contributed by atoms with Crippen LogP contribution in [0, 0.1) is 5.82 Å². The third-order valence-corrected chi connectivity index (χ3v) is 4.10. The molecule has 1 aliphatic carbocycles. The Hall–Kier alpha value is -0.450. The van der Waals surface area contributed by atoms with Gasteiger partial charge in [0, 0.05) is 13.2 Å². The van der Waals surface area contributed by atoms with Crippen molar-refractivity contribution in [2.75, 3.05) is 13.2 Å². The molecule has 1 aliphatic heterocycles. The highest BCUT2D eigenvalue weighted by Crippen LogP contribution is 2.40. The summed E-state index contributed by atoms with van der Waals surface area (Å²) >= 11 is 3.23. The van der Waals surface area contributed by atoms with E-state index in [2.05, 4.69) is 26.6 Å². The number of hydrogen-bond donors (Lipinski definition) is 2. The quantitative estimate of drug-likeness (QED) is 0.753. The first kappa shape index (κ1) is 9.75. The maximum absolute atomic E-state index is 13.8. The molecule has 0 bridgehead atoms. The lowest BCUT2D eigenvalue weighted by Gasteiger charge is -2.24. The van der Waals surface area contributed by atoms with Crippen LogP contribution in [0.4, 0.5) is 4.39 Å². The van der Waals surface area contributed by atoms with Crippen molar-refractivity contribution in [1.29, 1.82) is 0 Å². The van der Waals surface area contributed by atoms with Gasteiger partial charge in [0.1, 0.15) is 5.82 Å². The molecule has 3 rings (SSSR count). The maximum atomic E-state index is 13.8. The summed E-state index contributed by atoms with van der Waals surface area (Å²) in [6, 6.07) is 3.84. The molecule has 0 amide bonds. The van der Waals surface area contributed by atoms with E-state index in [4.69, 9.17) is 0 Å². The first-order valence-corrected chi connectivity index (χ1v) is 5.95. The molecule has 4 heteroatoms. The van der Waals surface area contributed by atoms with E-state index >= 15 is 0 Å². The van der Waals surface area contributed by atoms with Crippen LogP contribution in [-0.4, -0.2) is 13.2 Å². The van der Waals surface area contributed by atoms with Crippen molar-refractivity contribution in [3.63, 3.8) is 0 Å². The fourth-order valence-electron chi connectivity index (χ4n) is 2.70. The van der Waals surface area contributed by atoms with Gasteiger partial charge in [-0.1, -0.05) is 6.07 Å². The first-order valence-electron chi connectivity index (χ1n) is 5.16. The van der Waals surface area contributed by atoms with Gasteiger partial charge in [-0.2, -0.15) is 0 Å². The molecule has 1 fully saturated rings. The summed E-state index contributed by atoms with van der Waals surface area (Å²) < 4.78 is 14.4. The molecule has 0 aromatic heterocycles. The van der Waals surface area contributed by atoms with Gasteiger partial charge in [-0.15, -0.1) is 0 Å². The predicted octanol–water partition coefficient (Wildman–Crippen LogP) is 1.88. The van der Waals surface area contributed by atoms with Crippen molar-refractivity contribution in [1.82, 2.24) is 10.6 Å². The summed E-state index contributed by atoms with van der Waals surface area (Å²) in [6.45, 7) is 1.72. The van der Waals surface area contributed by atoms with Crippen LogP contribution in [0.15, 0.2) is 16.6 Å². The van der Waals surface area contributed by atoms with Crippen molar-refractivity contribution < 1.29 is 4.39 Å². The minimum atomic E-state index is -0.0851. The fourth-order valence-corrected chi connectivity index (χ4v) is 3.07. The molecular formula is C11H12BrFN2. The summed E-state index contributed by atoms with van der Waals surface area (Å²) in [6.07, 6.45) is 1.82. The van der Waals surface area contributed by atoms with Crippen LogP contribution in [0.2, 0.25) is 0 Å². The Kier molecular flexibility index (Phi) is 2.13.